The Balaban J connectivity index is 2.97. The molecule has 90 valence electrons. The molecular formula is C13H18ClFO. The fraction of sp³-hybridized carbons (Fsp3) is 0.538. The second-order valence-corrected chi connectivity index (χ2v) is 5.84. The van der Waals surface area contributed by atoms with Crippen molar-refractivity contribution in [3.8, 4) is 0 Å². The van der Waals surface area contributed by atoms with Crippen molar-refractivity contribution in [1.29, 1.82) is 0 Å². The Kier molecular flexibility index (Phi) is 3.65. The molecule has 0 saturated carbocycles. The summed E-state index contributed by atoms with van der Waals surface area (Å²) in [5.74, 6) is -0.357. The normalized spacial score (nSPS) is 15.9. The third-order valence-electron chi connectivity index (χ3n) is 3.17. The monoisotopic (exact) mass is 244 g/mol. The predicted octanol–water partition coefficient (Wildman–Crippen LogP) is 3.82. The fourth-order valence-electron chi connectivity index (χ4n) is 1.30. The molecule has 0 fully saturated rings. The van der Waals surface area contributed by atoms with Crippen molar-refractivity contribution in [2.24, 2.45) is 5.41 Å². The average molecular weight is 245 g/mol. The molecule has 0 heterocycles. The first-order valence-corrected chi connectivity index (χ1v) is 5.67. The number of rotatable bonds is 2. The van der Waals surface area contributed by atoms with Crippen LogP contribution >= 0.6 is 11.6 Å². The van der Waals surface area contributed by atoms with Gasteiger partial charge in [0.2, 0.25) is 0 Å². The predicted molar refractivity (Wildman–Crippen MR) is 65.2 cm³/mol. The molecule has 0 radical (unpaired) electrons. The Morgan fingerprint density at radius 1 is 1.25 bits per heavy atom. The molecular weight excluding hydrogens is 227 g/mol. The molecule has 0 spiro atoms. The molecule has 3 heteroatoms. The van der Waals surface area contributed by atoms with E-state index < -0.39 is 5.60 Å². The highest BCUT2D eigenvalue weighted by atomic mass is 35.5. The first-order chi connectivity index (χ1) is 7.13. The average Bonchev–Trinajstić information content (AvgIpc) is 2.08. The Morgan fingerprint density at radius 2 is 1.81 bits per heavy atom. The van der Waals surface area contributed by atoms with Gasteiger partial charge in [-0.1, -0.05) is 38.4 Å². The summed E-state index contributed by atoms with van der Waals surface area (Å²) in [4.78, 5) is 0. The summed E-state index contributed by atoms with van der Waals surface area (Å²) in [7, 11) is 0. The Hall–Kier alpha value is -0.600. The van der Waals surface area contributed by atoms with Gasteiger partial charge in [-0.25, -0.2) is 4.39 Å². The second kappa shape index (κ2) is 4.34. The summed E-state index contributed by atoms with van der Waals surface area (Å²) < 4.78 is 12.9. The third kappa shape index (κ3) is 2.96. The number of benzene rings is 1. The van der Waals surface area contributed by atoms with Crippen molar-refractivity contribution in [2.75, 3.05) is 0 Å². The van der Waals surface area contributed by atoms with E-state index in [9.17, 15) is 9.50 Å². The molecule has 0 bridgehead atoms. The molecule has 0 saturated heterocycles. The van der Waals surface area contributed by atoms with Gasteiger partial charge in [0.25, 0.3) is 0 Å². The maximum absolute atomic E-state index is 12.9. The van der Waals surface area contributed by atoms with E-state index in [1.54, 1.807) is 13.0 Å². The summed E-state index contributed by atoms with van der Waals surface area (Å²) >= 11 is 5.93. The van der Waals surface area contributed by atoms with Gasteiger partial charge in [0.15, 0.2) is 0 Å². The summed E-state index contributed by atoms with van der Waals surface area (Å²) in [6, 6.07) is 4.26. The van der Waals surface area contributed by atoms with E-state index in [0.29, 0.717) is 11.4 Å². The van der Waals surface area contributed by atoms with Gasteiger partial charge in [0.1, 0.15) is 5.82 Å². The number of hydrogen-bond acceptors (Lipinski definition) is 1. The van der Waals surface area contributed by atoms with Crippen molar-refractivity contribution in [1.82, 2.24) is 0 Å². The lowest BCUT2D eigenvalue weighted by Gasteiger charge is -2.37. The van der Waals surface area contributed by atoms with Crippen LogP contribution in [0.5, 0.6) is 0 Å². The van der Waals surface area contributed by atoms with E-state index in [-0.39, 0.29) is 11.2 Å². The van der Waals surface area contributed by atoms with Gasteiger partial charge >= 0.3 is 0 Å². The lowest BCUT2D eigenvalue weighted by molar-refractivity contribution is -0.0405. The van der Waals surface area contributed by atoms with Crippen molar-refractivity contribution < 1.29 is 9.50 Å². The van der Waals surface area contributed by atoms with Crippen LogP contribution in [0, 0.1) is 11.2 Å². The number of aliphatic hydroxyl groups is 1. The zero-order valence-electron chi connectivity index (χ0n) is 10.1. The number of halogens is 2. The summed E-state index contributed by atoms with van der Waals surface area (Å²) in [5.41, 5.74) is -0.373. The van der Waals surface area contributed by atoms with E-state index in [0.717, 1.165) is 5.56 Å². The maximum Gasteiger partial charge on any atom is 0.124 e. The van der Waals surface area contributed by atoms with Crippen LogP contribution in [0.2, 0.25) is 5.02 Å². The SMILES string of the molecule is CC(C)(C)C(C)(O)Cc1ccc(F)cc1Cl. The molecule has 0 amide bonds. The first-order valence-electron chi connectivity index (χ1n) is 5.30. The lowest BCUT2D eigenvalue weighted by Crippen LogP contribution is -2.41. The van der Waals surface area contributed by atoms with Crippen LogP contribution in [0.1, 0.15) is 33.3 Å². The minimum absolute atomic E-state index is 0.259. The molecule has 1 N–H and O–H groups in total. The van der Waals surface area contributed by atoms with Crippen molar-refractivity contribution >= 4 is 11.6 Å². The smallest absolute Gasteiger partial charge is 0.124 e. The quantitative estimate of drug-likeness (QED) is 0.839. The van der Waals surface area contributed by atoms with Crippen LogP contribution in [-0.4, -0.2) is 10.7 Å². The van der Waals surface area contributed by atoms with Crippen LogP contribution in [0.3, 0.4) is 0 Å². The summed E-state index contributed by atoms with van der Waals surface area (Å²) in [6.07, 6.45) is 0.412. The largest absolute Gasteiger partial charge is 0.389 e. The zero-order chi connectivity index (χ0) is 12.6. The second-order valence-electron chi connectivity index (χ2n) is 5.44. The maximum atomic E-state index is 12.9. The van der Waals surface area contributed by atoms with Crippen molar-refractivity contribution in [2.45, 2.75) is 39.7 Å². The molecule has 1 atom stereocenters. The molecule has 1 rings (SSSR count). The first kappa shape index (κ1) is 13.5. The molecule has 0 aliphatic heterocycles. The van der Waals surface area contributed by atoms with Gasteiger partial charge in [-0.2, -0.15) is 0 Å². The van der Waals surface area contributed by atoms with Gasteiger partial charge in [-0.05, 0) is 30.0 Å². The molecule has 1 unspecified atom stereocenters. The van der Waals surface area contributed by atoms with E-state index in [4.69, 9.17) is 11.6 Å². The van der Waals surface area contributed by atoms with Crippen LogP contribution in [-0.2, 0) is 6.42 Å². The van der Waals surface area contributed by atoms with Gasteiger partial charge in [-0.15, -0.1) is 0 Å². The molecule has 0 aromatic heterocycles. The Labute approximate surface area is 101 Å². The Bertz CT molecular complexity index is 380. The van der Waals surface area contributed by atoms with Gasteiger partial charge < -0.3 is 5.11 Å². The summed E-state index contributed by atoms with van der Waals surface area (Å²) in [5, 5.41) is 10.7. The molecule has 1 nitrogen and oxygen atoms in total. The van der Waals surface area contributed by atoms with Gasteiger partial charge in [0.05, 0.1) is 5.60 Å². The minimum atomic E-state index is -0.880. The van der Waals surface area contributed by atoms with Gasteiger partial charge in [-0.3, -0.25) is 0 Å². The minimum Gasteiger partial charge on any atom is -0.389 e. The van der Waals surface area contributed by atoms with E-state index in [2.05, 4.69) is 0 Å². The summed E-state index contributed by atoms with van der Waals surface area (Å²) in [6.45, 7) is 7.66. The van der Waals surface area contributed by atoms with Crippen LogP contribution < -0.4 is 0 Å². The van der Waals surface area contributed by atoms with Crippen molar-refractivity contribution in [3.63, 3.8) is 0 Å². The highest BCUT2D eigenvalue weighted by Crippen LogP contribution is 2.34. The molecule has 0 aliphatic rings. The van der Waals surface area contributed by atoms with Crippen LogP contribution in [0.4, 0.5) is 4.39 Å². The highest BCUT2D eigenvalue weighted by Gasteiger charge is 2.35. The van der Waals surface area contributed by atoms with Crippen LogP contribution in [0.15, 0.2) is 18.2 Å². The molecule has 16 heavy (non-hydrogen) atoms. The Morgan fingerprint density at radius 3 is 2.25 bits per heavy atom. The zero-order valence-corrected chi connectivity index (χ0v) is 10.9. The van der Waals surface area contributed by atoms with Crippen LogP contribution in [0.25, 0.3) is 0 Å². The topological polar surface area (TPSA) is 20.2 Å². The van der Waals surface area contributed by atoms with E-state index >= 15 is 0 Å². The highest BCUT2D eigenvalue weighted by molar-refractivity contribution is 6.31. The van der Waals surface area contributed by atoms with E-state index in [1.807, 2.05) is 20.8 Å². The molecule has 1 aromatic rings. The lowest BCUT2D eigenvalue weighted by atomic mass is 9.74. The number of hydrogen-bond donors (Lipinski definition) is 1. The molecule has 0 aliphatic carbocycles. The van der Waals surface area contributed by atoms with Crippen molar-refractivity contribution in [3.05, 3.63) is 34.6 Å². The van der Waals surface area contributed by atoms with E-state index in [1.165, 1.54) is 12.1 Å². The third-order valence-corrected chi connectivity index (χ3v) is 3.52. The molecule has 1 aromatic carbocycles. The standard InChI is InChI=1S/C13H18ClFO/c1-12(2,3)13(4,16)8-9-5-6-10(15)7-11(9)14/h5-7,16H,8H2,1-4H3. The van der Waals surface area contributed by atoms with Gasteiger partial charge in [0, 0.05) is 11.4 Å². The fourth-order valence-corrected chi connectivity index (χ4v) is 1.54.